The van der Waals surface area contributed by atoms with E-state index in [-0.39, 0.29) is 18.8 Å². The maximum absolute atomic E-state index is 12.5. The molecule has 1 aromatic carbocycles. The van der Waals surface area contributed by atoms with Crippen molar-refractivity contribution in [2.75, 3.05) is 19.7 Å². The van der Waals surface area contributed by atoms with E-state index < -0.39 is 11.7 Å². The molecular formula is C17H26F3NO2. The Bertz CT molecular complexity index is 434. The van der Waals surface area contributed by atoms with Crippen LogP contribution in [0, 0.1) is 0 Å². The van der Waals surface area contributed by atoms with Gasteiger partial charge in [-0.05, 0) is 37.0 Å². The van der Waals surface area contributed by atoms with Gasteiger partial charge in [0.25, 0.3) is 0 Å². The molecule has 1 aromatic rings. The van der Waals surface area contributed by atoms with Crippen LogP contribution in [0.15, 0.2) is 24.3 Å². The minimum atomic E-state index is -4.30. The van der Waals surface area contributed by atoms with Crippen molar-refractivity contribution < 1.29 is 23.0 Å². The van der Waals surface area contributed by atoms with Crippen LogP contribution in [0.4, 0.5) is 13.2 Å². The molecule has 0 bridgehead atoms. The maximum Gasteiger partial charge on any atom is 0.416 e. The lowest BCUT2D eigenvalue weighted by molar-refractivity contribution is -0.137. The zero-order valence-corrected chi connectivity index (χ0v) is 13.7. The highest BCUT2D eigenvalue weighted by molar-refractivity contribution is 5.26. The molecule has 1 aliphatic rings. The molecule has 3 nitrogen and oxygen atoms in total. The molecular weight excluding hydrogens is 307 g/mol. The first-order valence-corrected chi connectivity index (χ1v) is 8.15. The zero-order valence-electron chi connectivity index (χ0n) is 13.7. The molecule has 1 saturated heterocycles. The van der Waals surface area contributed by atoms with Crippen LogP contribution < -0.4 is 5.32 Å². The molecule has 0 spiro atoms. The van der Waals surface area contributed by atoms with Gasteiger partial charge >= 0.3 is 6.18 Å². The van der Waals surface area contributed by atoms with E-state index in [4.69, 9.17) is 9.84 Å². The average molecular weight is 333 g/mol. The third kappa shape index (κ3) is 6.49. The molecule has 0 aliphatic carbocycles. The molecule has 23 heavy (non-hydrogen) atoms. The second kappa shape index (κ2) is 9.90. The Morgan fingerprint density at radius 1 is 1.17 bits per heavy atom. The van der Waals surface area contributed by atoms with E-state index in [2.05, 4.69) is 5.32 Å². The molecule has 1 aliphatic heterocycles. The summed E-state index contributed by atoms with van der Waals surface area (Å²) in [4.78, 5) is 0. The van der Waals surface area contributed by atoms with Gasteiger partial charge in [-0.3, -0.25) is 0 Å². The molecule has 2 atom stereocenters. The fourth-order valence-corrected chi connectivity index (χ4v) is 2.52. The molecule has 132 valence electrons. The van der Waals surface area contributed by atoms with Gasteiger partial charge < -0.3 is 15.2 Å². The number of nitrogens with one attached hydrogen (secondary N) is 1. The number of benzene rings is 1. The van der Waals surface area contributed by atoms with Crippen molar-refractivity contribution in [2.45, 2.75) is 51.5 Å². The Balaban J connectivity index is 0.00000127. The van der Waals surface area contributed by atoms with Crippen LogP contribution in [0.3, 0.4) is 0 Å². The first kappa shape index (κ1) is 19.9. The quantitative estimate of drug-likeness (QED) is 0.803. The van der Waals surface area contributed by atoms with Crippen molar-refractivity contribution in [1.82, 2.24) is 5.32 Å². The highest BCUT2D eigenvalue weighted by Gasteiger charge is 2.31. The van der Waals surface area contributed by atoms with Gasteiger partial charge in [-0.15, -0.1) is 0 Å². The van der Waals surface area contributed by atoms with Gasteiger partial charge in [0.1, 0.15) is 0 Å². The number of hydrogen-bond donors (Lipinski definition) is 2. The Hall–Kier alpha value is -1.11. The zero-order chi connectivity index (χ0) is 17.3. The molecule has 1 fully saturated rings. The third-order valence-electron chi connectivity index (χ3n) is 3.62. The predicted octanol–water partition coefficient (Wildman–Crippen LogP) is 3.92. The van der Waals surface area contributed by atoms with Gasteiger partial charge in [-0.2, -0.15) is 13.2 Å². The largest absolute Gasteiger partial charge is 0.416 e. The fraction of sp³-hybridized carbons (Fsp3) is 0.647. The number of hydrogen-bond acceptors (Lipinski definition) is 3. The van der Waals surface area contributed by atoms with Crippen LogP contribution in [0.2, 0.25) is 0 Å². The summed E-state index contributed by atoms with van der Waals surface area (Å²) in [7, 11) is 0. The second-order valence-electron chi connectivity index (χ2n) is 5.23. The molecule has 2 unspecified atom stereocenters. The van der Waals surface area contributed by atoms with Gasteiger partial charge in [0.05, 0.1) is 24.4 Å². The summed E-state index contributed by atoms with van der Waals surface area (Å²) in [6, 6.07) is 5.20. The molecule has 0 saturated carbocycles. The molecule has 2 rings (SSSR count). The Morgan fingerprint density at radius 2 is 1.83 bits per heavy atom. The van der Waals surface area contributed by atoms with E-state index in [1.165, 1.54) is 12.1 Å². The molecule has 2 N–H and O–H groups in total. The highest BCUT2D eigenvalue weighted by atomic mass is 19.4. The molecule has 0 radical (unpaired) electrons. The number of alkyl halides is 3. The first-order chi connectivity index (χ1) is 11.0. The van der Waals surface area contributed by atoms with Crippen LogP contribution in [0.5, 0.6) is 0 Å². The van der Waals surface area contributed by atoms with Gasteiger partial charge in [0.2, 0.25) is 0 Å². The predicted molar refractivity (Wildman–Crippen MR) is 84.2 cm³/mol. The number of aliphatic hydroxyl groups is 1. The highest BCUT2D eigenvalue weighted by Crippen LogP contribution is 2.34. The fourth-order valence-electron chi connectivity index (χ4n) is 2.52. The van der Waals surface area contributed by atoms with Crippen LogP contribution in [0.25, 0.3) is 0 Å². The van der Waals surface area contributed by atoms with E-state index in [1.54, 1.807) is 0 Å². The summed E-state index contributed by atoms with van der Waals surface area (Å²) in [6.07, 6.45) is -1.68. The molecule has 0 aromatic heterocycles. The summed E-state index contributed by atoms with van der Waals surface area (Å²) in [5, 5.41) is 11.8. The van der Waals surface area contributed by atoms with Crippen LogP contribution in [-0.2, 0) is 10.9 Å². The minimum absolute atomic E-state index is 0.0394. The lowest BCUT2D eigenvalue weighted by atomic mass is 9.97. The van der Waals surface area contributed by atoms with Crippen molar-refractivity contribution in [1.29, 1.82) is 0 Å². The Kier molecular flexibility index (Phi) is 8.58. The third-order valence-corrected chi connectivity index (χ3v) is 3.62. The topological polar surface area (TPSA) is 41.5 Å². The molecule has 0 amide bonds. The Morgan fingerprint density at radius 3 is 2.39 bits per heavy atom. The SMILES string of the molecule is CC.OCCNCC1CCCC(c2ccc(C(F)(F)F)cc2)O1. The van der Waals surface area contributed by atoms with E-state index in [0.717, 1.165) is 37.0 Å². The normalized spacial score (nSPS) is 21.5. The van der Waals surface area contributed by atoms with Gasteiger partial charge in [0.15, 0.2) is 0 Å². The van der Waals surface area contributed by atoms with Gasteiger partial charge in [-0.1, -0.05) is 26.0 Å². The number of aliphatic hydroxyl groups excluding tert-OH is 1. The first-order valence-electron chi connectivity index (χ1n) is 8.15. The molecule has 6 heteroatoms. The monoisotopic (exact) mass is 333 g/mol. The smallest absolute Gasteiger partial charge is 0.395 e. The summed E-state index contributed by atoms with van der Waals surface area (Å²) >= 11 is 0. The lowest BCUT2D eigenvalue weighted by Crippen LogP contribution is -2.34. The minimum Gasteiger partial charge on any atom is -0.395 e. The summed E-state index contributed by atoms with van der Waals surface area (Å²) in [6.45, 7) is 5.25. The number of rotatable bonds is 5. The second-order valence-corrected chi connectivity index (χ2v) is 5.23. The van der Waals surface area contributed by atoms with Gasteiger partial charge in [-0.25, -0.2) is 0 Å². The standard InChI is InChI=1S/C15H20F3NO2.C2H6/c16-15(17,18)12-6-4-11(5-7-12)14-3-1-2-13(21-14)10-19-8-9-20;1-2/h4-7,13-14,19-20H,1-3,8-10H2;1-2H3. The summed E-state index contributed by atoms with van der Waals surface area (Å²) in [5.74, 6) is 0. The number of ether oxygens (including phenoxy) is 1. The van der Waals surface area contributed by atoms with Crippen molar-refractivity contribution in [3.8, 4) is 0 Å². The van der Waals surface area contributed by atoms with Crippen LogP contribution in [0.1, 0.15) is 50.3 Å². The van der Waals surface area contributed by atoms with E-state index in [0.29, 0.717) is 13.1 Å². The van der Waals surface area contributed by atoms with Crippen LogP contribution >= 0.6 is 0 Å². The van der Waals surface area contributed by atoms with Crippen molar-refractivity contribution in [3.63, 3.8) is 0 Å². The maximum atomic E-state index is 12.5. The van der Waals surface area contributed by atoms with E-state index in [9.17, 15) is 13.2 Å². The average Bonchev–Trinajstić information content (AvgIpc) is 2.57. The lowest BCUT2D eigenvalue weighted by Gasteiger charge is -2.30. The van der Waals surface area contributed by atoms with Crippen molar-refractivity contribution >= 4 is 0 Å². The summed E-state index contributed by atoms with van der Waals surface area (Å²) in [5.41, 5.74) is 0.151. The van der Waals surface area contributed by atoms with Gasteiger partial charge in [0, 0.05) is 13.1 Å². The number of halogens is 3. The summed E-state index contributed by atoms with van der Waals surface area (Å²) < 4.78 is 43.5. The van der Waals surface area contributed by atoms with Crippen LogP contribution in [-0.4, -0.2) is 30.9 Å². The van der Waals surface area contributed by atoms with E-state index in [1.807, 2.05) is 13.8 Å². The molecule has 1 heterocycles. The van der Waals surface area contributed by atoms with Crippen molar-refractivity contribution in [3.05, 3.63) is 35.4 Å². The van der Waals surface area contributed by atoms with E-state index >= 15 is 0 Å². The van der Waals surface area contributed by atoms with Crippen molar-refractivity contribution in [2.24, 2.45) is 0 Å². The Labute approximate surface area is 135 Å².